The molecule has 0 amide bonds. The van der Waals surface area contributed by atoms with E-state index in [2.05, 4.69) is 48.9 Å². The van der Waals surface area contributed by atoms with Crippen molar-refractivity contribution >= 4 is 0 Å². The summed E-state index contributed by atoms with van der Waals surface area (Å²) in [6.07, 6.45) is 1.96. The summed E-state index contributed by atoms with van der Waals surface area (Å²) in [4.78, 5) is 5.07. The maximum Gasteiger partial charge on any atom is 0.105 e. The zero-order chi connectivity index (χ0) is 15.2. The fraction of sp³-hybridized carbons (Fsp3) is 0.938. The third kappa shape index (κ3) is 4.73. The highest BCUT2D eigenvalue weighted by molar-refractivity contribution is 5.05. The first-order chi connectivity index (χ1) is 9.45. The van der Waals surface area contributed by atoms with E-state index in [0.717, 1.165) is 45.6 Å². The summed E-state index contributed by atoms with van der Waals surface area (Å²) in [7, 11) is 0. The Hall–Kier alpha value is -0.630. The van der Waals surface area contributed by atoms with Gasteiger partial charge in [0.1, 0.15) is 5.54 Å². The summed E-state index contributed by atoms with van der Waals surface area (Å²) in [5, 5.41) is 12.9. The molecule has 20 heavy (non-hydrogen) atoms. The van der Waals surface area contributed by atoms with Gasteiger partial charge in [0.05, 0.1) is 6.07 Å². The molecule has 4 heteroatoms. The zero-order valence-electron chi connectivity index (χ0n) is 13.9. The molecule has 1 rings (SSSR count). The maximum atomic E-state index is 9.45. The van der Waals surface area contributed by atoms with Crippen molar-refractivity contribution in [2.24, 2.45) is 0 Å². The number of likely N-dealkylation sites (N-methyl/N-ethyl adjacent to an activating group) is 1. The van der Waals surface area contributed by atoms with Crippen LogP contribution in [0.4, 0.5) is 0 Å². The molecule has 0 aliphatic carbocycles. The molecule has 1 heterocycles. The normalized spacial score (nSPS) is 25.9. The highest BCUT2D eigenvalue weighted by Gasteiger charge is 2.31. The first-order valence-corrected chi connectivity index (χ1v) is 8.10. The molecule has 1 aliphatic rings. The van der Waals surface area contributed by atoms with E-state index in [1.807, 2.05) is 6.92 Å². The van der Waals surface area contributed by atoms with Gasteiger partial charge >= 0.3 is 0 Å². The van der Waals surface area contributed by atoms with Crippen LogP contribution < -0.4 is 5.32 Å². The van der Waals surface area contributed by atoms with Crippen LogP contribution in [-0.2, 0) is 0 Å². The average molecular weight is 280 g/mol. The molecule has 1 aliphatic heterocycles. The Morgan fingerprint density at radius 1 is 1.40 bits per heavy atom. The maximum absolute atomic E-state index is 9.45. The number of nitrogens with one attached hydrogen (secondary N) is 1. The Labute approximate surface area is 125 Å². The Kier molecular flexibility index (Phi) is 6.94. The molecular weight excluding hydrogens is 248 g/mol. The van der Waals surface area contributed by atoms with Gasteiger partial charge in [0.25, 0.3) is 0 Å². The lowest BCUT2D eigenvalue weighted by Gasteiger charge is -2.43. The van der Waals surface area contributed by atoms with Gasteiger partial charge in [-0.3, -0.25) is 15.1 Å². The summed E-state index contributed by atoms with van der Waals surface area (Å²) < 4.78 is 0. The Morgan fingerprint density at radius 3 is 2.60 bits per heavy atom. The SMILES string of the molecule is CCCNC(C)(C#N)CC(C)N1CCN(CC)C(C)C1. The number of hydrogen-bond acceptors (Lipinski definition) is 4. The molecule has 4 nitrogen and oxygen atoms in total. The molecule has 0 aromatic carbocycles. The highest BCUT2D eigenvalue weighted by Crippen LogP contribution is 2.19. The fourth-order valence-electron chi connectivity index (χ4n) is 3.17. The number of piperazine rings is 1. The van der Waals surface area contributed by atoms with Crippen molar-refractivity contribution in [3.8, 4) is 6.07 Å². The van der Waals surface area contributed by atoms with E-state index in [0.29, 0.717) is 12.1 Å². The van der Waals surface area contributed by atoms with Gasteiger partial charge in [-0.05, 0) is 46.7 Å². The van der Waals surface area contributed by atoms with Crippen molar-refractivity contribution in [3.05, 3.63) is 0 Å². The minimum atomic E-state index is -0.402. The quantitative estimate of drug-likeness (QED) is 0.775. The molecule has 1 N–H and O–H groups in total. The molecule has 1 fully saturated rings. The van der Waals surface area contributed by atoms with Crippen LogP contribution in [0, 0.1) is 11.3 Å². The van der Waals surface area contributed by atoms with Crippen LogP contribution in [0.1, 0.15) is 47.5 Å². The van der Waals surface area contributed by atoms with Crippen LogP contribution in [-0.4, -0.2) is 60.1 Å². The van der Waals surface area contributed by atoms with Crippen LogP contribution in [0.3, 0.4) is 0 Å². The lowest BCUT2D eigenvalue weighted by molar-refractivity contribution is 0.0556. The first kappa shape index (κ1) is 17.4. The molecule has 0 spiro atoms. The number of nitrogens with zero attached hydrogens (tertiary/aromatic N) is 3. The van der Waals surface area contributed by atoms with Crippen molar-refractivity contribution in [2.75, 3.05) is 32.7 Å². The van der Waals surface area contributed by atoms with Crippen LogP contribution in [0.25, 0.3) is 0 Å². The largest absolute Gasteiger partial charge is 0.300 e. The van der Waals surface area contributed by atoms with Crippen molar-refractivity contribution in [1.82, 2.24) is 15.1 Å². The van der Waals surface area contributed by atoms with Crippen LogP contribution in [0.15, 0.2) is 0 Å². The second-order valence-electron chi connectivity index (χ2n) is 6.40. The average Bonchev–Trinajstić information content (AvgIpc) is 2.45. The van der Waals surface area contributed by atoms with E-state index in [4.69, 9.17) is 0 Å². The predicted molar refractivity (Wildman–Crippen MR) is 84.7 cm³/mol. The number of rotatable bonds is 7. The first-order valence-electron chi connectivity index (χ1n) is 8.10. The molecule has 0 bridgehead atoms. The smallest absolute Gasteiger partial charge is 0.105 e. The lowest BCUT2D eigenvalue weighted by atomic mass is 9.93. The van der Waals surface area contributed by atoms with Gasteiger partial charge in [0.15, 0.2) is 0 Å². The van der Waals surface area contributed by atoms with E-state index in [-0.39, 0.29) is 0 Å². The molecule has 0 aromatic heterocycles. The summed E-state index contributed by atoms with van der Waals surface area (Å²) >= 11 is 0. The molecule has 0 aromatic rings. The van der Waals surface area contributed by atoms with Gasteiger partial charge < -0.3 is 0 Å². The number of nitriles is 1. The van der Waals surface area contributed by atoms with Crippen LogP contribution in [0.5, 0.6) is 0 Å². The van der Waals surface area contributed by atoms with E-state index in [1.54, 1.807) is 0 Å². The Morgan fingerprint density at radius 2 is 2.10 bits per heavy atom. The molecular formula is C16H32N4. The lowest BCUT2D eigenvalue weighted by Crippen LogP contribution is -2.56. The van der Waals surface area contributed by atoms with E-state index >= 15 is 0 Å². The van der Waals surface area contributed by atoms with Gasteiger partial charge in [0, 0.05) is 31.7 Å². The summed E-state index contributed by atoms with van der Waals surface area (Å²) in [6, 6.07) is 3.53. The molecule has 0 radical (unpaired) electrons. The summed E-state index contributed by atoms with van der Waals surface area (Å²) in [6.45, 7) is 16.4. The molecule has 0 saturated carbocycles. The van der Waals surface area contributed by atoms with Crippen LogP contribution >= 0.6 is 0 Å². The van der Waals surface area contributed by atoms with Crippen molar-refractivity contribution < 1.29 is 0 Å². The molecule has 3 atom stereocenters. The monoisotopic (exact) mass is 280 g/mol. The topological polar surface area (TPSA) is 42.3 Å². The van der Waals surface area contributed by atoms with Gasteiger partial charge in [-0.15, -0.1) is 0 Å². The van der Waals surface area contributed by atoms with Gasteiger partial charge in [-0.2, -0.15) is 5.26 Å². The summed E-state index contributed by atoms with van der Waals surface area (Å²) in [5.74, 6) is 0. The Balaban J connectivity index is 2.53. The molecule has 1 saturated heterocycles. The predicted octanol–water partition coefficient (Wildman–Crippen LogP) is 2.07. The highest BCUT2D eigenvalue weighted by atomic mass is 15.3. The van der Waals surface area contributed by atoms with Crippen molar-refractivity contribution in [3.63, 3.8) is 0 Å². The minimum absolute atomic E-state index is 0.402. The molecule has 116 valence electrons. The van der Waals surface area contributed by atoms with E-state index in [9.17, 15) is 5.26 Å². The summed E-state index contributed by atoms with van der Waals surface area (Å²) in [5.41, 5.74) is -0.402. The van der Waals surface area contributed by atoms with Crippen molar-refractivity contribution in [2.45, 2.75) is 65.1 Å². The van der Waals surface area contributed by atoms with Crippen LogP contribution in [0.2, 0.25) is 0 Å². The second kappa shape index (κ2) is 7.97. The Bertz CT molecular complexity index is 325. The second-order valence-corrected chi connectivity index (χ2v) is 6.40. The van der Waals surface area contributed by atoms with Gasteiger partial charge in [-0.25, -0.2) is 0 Å². The standard InChI is InChI=1S/C16H32N4/c1-6-8-18-16(5,13-17)11-14(3)20-10-9-19(7-2)15(4)12-20/h14-15,18H,6-12H2,1-5H3. The van der Waals surface area contributed by atoms with Gasteiger partial charge in [0.2, 0.25) is 0 Å². The minimum Gasteiger partial charge on any atom is -0.300 e. The van der Waals surface area contributed by atoms with Gasteiger partial charge in [-0.1, -0.05) is 13.8 Å². The van der Waals surface area contributed by atoms with E-state index < -0.39 is 5.54 Å². The van der Waals surface area contributed by atoms with Crippen molar-refractivity contribution in [1.29, 1.82) is 5.26 Å². The number of hydrogen-bond donors (Lipinski definition) is 1. The fourth-order valence-corrected chi connectivity index (χ4v) is 3.17. The molecule has 3 unspecified atom stereocenters. The zero-order valence-corrected chi connectivity index (χ0v) is 13.9. The van der Waals surface area contributed by atoms with E-state index in [1.165, 1.54) is 0 Å². The third-order valence-corrected chi connectivity index (χ3v) is 4.54. The third-order valence-electron chi connectivity index (χ3n) is 4.54.